The number of nitriles is 1. The molecule has 0 spiro atoms. The largest absolute Gasteiger partial charge is 0.363 e. The minimum absolute atomic E-state index is 0.0958. The Morgan fingerprint density at radius 2 is 1.88 bits per heavy atom. The van der Waals surface area contributed by atoms with Crippen LogP contribution in [0.1, 0.15) is 39.1 Å². The highest BCUT2D eigenvalue weighted by atomic mass is 19.1. The minimum Gasteiger partial charge on any atom is -0.332 e. The van der Waals surface area contributed by atoms with Crippen LogP contribution in [0.25, 0.3) is 0 Å². The van der Waals surface area contributed by atoms with E-state index >= 15 is 0 Å². The molecule has 5 nitrogen and oxygen atoms in total. The molecule has 0 aliphatic heterocycles. The summed E-state index contributed by atoms with van der Waals surface area (Å²) in [6, 6.07) is 13.8. The van der Waals surface area contributed by atoms with Gasteiger partial charge in [0.2, 0.25) is 0 Å². The minimum atomic E-state index is -0.828. The maximum absolute atomic E-state index is 14.1. The van der Waals surface area contributed by atoms with E-state index in [0.717, 1.165) is 24.0 Å². The zero-order valence-corrected chi connectivity index (χ0v) is 13.3. The van der Waals surface area contributed by atoms with E-state index in [-0.39, 0.29) is 29.2 Å². The number of hydrogen-bond donors (Lipinski definition) is 0. The Balaban J connectivity index is 1.87. The molecule has 0 N–H and O–H groups in total. The van der Waals surface area contributed by atoms with Gasteiger partial charge in [-0.05, 0) is 43.0 Å². The molecule has 1 fully saturated rings. The van der Waals surface area contributed by atoms with Gasteiger partial charge in [0.05, 0.1) is 23.2 Å². The number of amides is 1. The maximum atomic E-state index is 14.1. The summed E-state index contributed by atoms with van der Waals surface area (Å²) in [5, 5.41) is 10.00. The highest BCUT2D eigenvalue weighted by molar-refractivity contribution is 5.98. The summed E-state index contributed by atoms with van der Waals surface area (Å²) >= 11 is 0. The predicted octanol–water partition coefficient (Wildman–Crippen LogP) is 3.32. The quantitative estimate of drug-likeness (QED) is 0.802. The smallest absolute Gasteiger partial charge is 0.332 e. The molecule has 1 saturated carbocycles. The lowest BCUT2D eigenvalue weighted by molar-refractivity contribution is -0.0839. The Morgan fingerprint density at radius 1 is 1.16 bits per heavy atom. The zero-order chi connectivity index (χ0) is 17.8. The summed E-state index contributed by atoms with van der Waals surface area (Å²) in [5.74, 6) is -2.14. The molecular weight excluding hydrogens is 323 g/mol. The van der Waals surface area contributed by atoms with Gasteiger partial charge in [-0.15, -0.1) is 0 Å². The molecule has 6 heteroatoms. The first-order chi connectivity index (χ1) is 12.1. The van der Waals surface area contributed by atoms with E-state index in [4.69, 9.17) is 10.1 Å². The van der Waals surface area contributed by atoms with Crippen molar-refractivity contribution in [3.8, 4) is 6.07 Å². The average Bonchev–Trinajstić information content (AvgIpc) is 3.45. The van der Waals surface area contributed by atoms with Crippen molar-refractivity contribution in [3.05, 3.63) is 71.0 Å². The average molecular weight is 338 g/mol. The van der Waals surface area contributed by atoms with Crippen LogP contribution in [0.3, 0.4) is 0 Å². The number of rotatable bonds is 4. The number of benzene rings is 2. The third-order valence-electron chi connectivity index (χ3n) is 3.90. The van der Waals surface area contributed by atoms with Gasteiger partial charge in [-0.3, -0.25) is 4.79 Å². The van der Waals surface area contributed by atoms with Gasteiger partial charge in [-0.2, -0.15) is 10.3 Å². The van der Waals surface area contributed by atoms with E-state index < -0.39 is 17.7 Å². The summed E-state index contributed by atoms with van der Waals surface area (Å²) < 4.78 is 14.1. The fraction of sp³-hybridized carbons (Fsp3) is 0.211. The number of hydrogen-bond acceptors (Lipinski definition) is 4. The second kappa shape index (κ2) is 7.14. The number of carbonyl (C=O) groups excluding carboxylic acids is 2. The van der Waals surface area contributed by atoms with Crippen molar-refractivity contribution in [1.29, 1.82) is 5.26 Å². The second-order valence-corrected chi connectivity index (χ2v) is 5.83. The Morgan fingerprint density at radius 3 is 2.52 bits per heavy atom. The van der Waals surface area contributed by atoms with E-state index in [1.54, 1.807) is 36.4 Å². The fourth-order valence-corrected chi connectivity index (χ4v) is 2.38. The first-order valence-electron chi connectivity index (χ1n) is 7.88. The van der Waals surface area contributed by atoms with Gasteiger partial charge >= 0.3 is 5.97 Å². The van der Waals surface area contributed by atoms with Gasteiger partial charge in [-0.1, -0.05) is 24.3 Å². The molecule has 126 valence electrons. The van der Waals surface area contributed by atoms with Crippen LogP contribution in [-0.4, -0.2) is 23.5 Å². The molecule has 25 heavy (non-hydrogen) atoms. The van der Waals surface area contributed by atoms with E-state index in [0.29, 0.717) is 0 Å². The van der Waals surface area contributed by atoms with Crippen molar-refractivity contribution in [2.75, 3.05) is 6.54 Å². The first-order valence-corrected chi connectivity index (χ1v) is 7.88. The van der Waals surface area contributed by atoms with Crippen LogP contribution >= 0.6 is 0 Å². The molecule has 0 bridgehead atoms. The number of nitrogens with zero attached hydrogens (tertiary/aromatic N) is 2. The lowest BCUT2D eigenvalue weighted by atomic mass is 10.1. The van der Waals surface area contributed by atoms with E-state index in [2.05, 4.69) is 0 Å². The molecule has 3 rings (SSSR count). The Labute approximate surface area is 144 Å². The van der Waals surface area contributed by atoms with Crippen LogP contribution in [-0.2, 0) is 4.84 Å². The molecule has 0 heterocycles. The second-order valence-electron chi connectivity index (χ2n) is 5.83. The lowest BCUT2D eigenvalue weighted by Crippen LogP contribution is -2.36. The van der Waals surface area contributed by atoms with Crippen LogP contribution in [0.5, 0.6) is 0 Å². The highest BCUT2D eigenvalue weighted by Crippen LogP contribution is 2.31. The van der Waals surface area contributed by atoms with Gasteiger partial charge in [0, 0.05) is 0 Å². The summed E-state index contributed by atoms with van der Waals surface area (Å²) in [7, 11) is 0. The summed E-state index contributed by atoms with van der Waals surface area (Å²) in [6.07, 6.45) is 1.82. The van der Waals surface area contributed by atoms with Crippen LogP contribution in [0.4, 0.5) is 4.39 Å². The Bertz CT molecular complexity index is 841. The molecule has 0 aromatic heterocycles. The van der Waals surface area contributed by atoms with Crippen molar-refractivity contribution < 1.29 is 18.8 Å². The fourth-order valence-electron chi connectivity index (χ4n) is 2.38. The monoisotopic (exact) mass is 338 g/mol. The molecule has 0 atom stereocenters. The van der Waals surface area contributed by atoms with Gasteiger partial charge in [0.15, 0.2) is 0 Å². The van der Waals surface area contributed by atoms with E-state index in [9.17, 15) is 14.0 Å². The van der Waals surface area contributed by atoms with Crippen LogP contribution in [0.15, 0.2) is 48.5 Å². The zero-order valence-electron chi connectivity index (χ0n) is 13.3. The predicted molar refractivity (Wildman–Crippen MR) is 86.7 cm³/mol. The van der Waals surface area contributed by atoms with Gasteiger partial charge in [-0.25, -0.2) is 9.18 Å². The number of hydroxylamine groups is 2. The van der Waals surface area contributed by atoms with Crippen molar-refractivity contribution in [3.63, 3.8) is 0 Å². The molecular formula is C19H15FN2O3. The van der Waals surface area contributed by atoms with E-state index in [1.165, 1.54) is 12.1 Å². The summed E-state index contributed by atoms with van der Waals surface area (Å²) in [6.45, 7) is 0.177. The lowest BCUT2D eigenvalue weighted by Gasteiger charge is -2.21. The number of carbonyl (C=O) groups is 2. The third kappa shape index (κ3) is 3.83. The molecule has 2 aromatic carbocycles. The van der Waals surface area contributed by atoms with Crippen LogP contribution < -0.4 is 0 Å². The summed E-state index contributed by atoms with van der Waals surface area (Å²) in [4.78, 5) is 30.2. The normalized spacial score (nSPS) is 13.0. The third-order valence-corrected chi connectivity index (χ3v) is 3.90. The van der Waals surface area contributed by atoms with Crippen molar-refractivity contribution >= 4 is 11.9 Å². The Kier molecular flexibility index (Phi) is 4.75. The first kappa shape index (κ1) is 16.7. The van der Waals surface area contributed by atoms with Gasteiger partial charge in [0.1, 0.15) is 11.9 Å². The van der Waals surface area contributed by atoms with E-state index in [1.807, 2.05) is 0 Å². The Hall–Kier alpha value is -3.20. The van der Waals surface area contributed by atoms with Gasteiger partial charge < -0.3 is 4.84 Å². The molecule has 1 amide bonds. The number of halogens is 1. The SMILES string of the molecule is N#Cc1cccc(F)c1C(=O)N(CC1CC1)OC(=O)c1ccccc1. The van der Waals surface area contributed by atoms with Crippen LogP contribution in [0.2, 0.25) is 0 Å². The van der Waals surface area contributed by atoms with Crippen LogP contribution in [0, 0.1) is 23.1 Å². The molecule has 0 saturated heterocycles. The molecule has 2 aromatic rings. The molecule has 0 unspecified atom stereocenters. The highest BCUT2D eigenvalue weighted by Gasteiger charge is 2.32. The van der Waals surface area contributed by atoms with Gasteiger partial charge in [0.25, 0.3) is 5.91 Å². The molecule has 1 aliphatic rings. The van der Waals surface area contributed by atoms with Crippen molar-refractivity contribution in [1.82, 2.24) is 5.06 Å². The molecule has 1 aliphatic carbocycles. The van der Waals surface area contributed by atoms with Crippen molar-refractivity contribution in [2.45, 2.75) is 12.8 Å². The standard InChI is InChI=1S/C19H15FN2O3/c20-16-8-4-7-15(11-21)17(16)18(23)22(12-13-9-10-13)25-19(24)14-5-2-1-3-6-14/h1-8,13H,9-10,12H2. The summed E-state index contributed by atoms with van der Waals surface area (Å²) in [5.41, 5.74) is -0.196. The topological polar surface area (TPSA) is 70.4 Å². The van der Waals surface area contributed by atoms with Crippen molar-refractivity contribution in [2.24, 2.45) is 5.92 Å². The molecule has 0 radical (unpaired) electrons. The maximum Gasteiger partial charge on any atom is 0.363 e.